The number of hydrazine groups is 1. The van der Waals surface area contributed by atoms with Crippen LogP contribution in [0.4, 0.5) is 4.79 Å². The van der Waals surface area contributed by atoms with Crippen LogP contribution < -0.4 is 26.6 Å². The lowest BCUT2D eigenvalue weighted by molar-refractivity contribution is -0.130. The van der Waals surface area contributed by atoms with E-state index >= 15 is 0 Å². The molecular weight excluding hydrogens is 336 g/mol. The van der Waals surface area contributed by atoms with Gasteiger partial charge in [-0.3, -0.25) is 15.0 Å². The number of urea groups is 1. The molecule has 0 fully saturated rings. The third-order valence-electron chi connectivity index (χ3n) is 3.14. The second-order valence-electron chi connectivity index (χ2n) is 5.04. The zero-order valence-corrected chi connectivity index (χ0v) is 13.5. The first kappa shape index (κ1) is 20.0. The first-order chi connectivity index (χ1) is 11.7. The number of rotatable bonds is 6. The minimum atomic E-state index is -1.69. The molecule has 0 aliphatic heterocycles. The molecule has 0 aliphatic carbocycles. The predicted octanol–water partition coefficient (Wildman–Crippen LogP) is -2.00. The summed E-state index contributed by atoms with van der Waals surface area (Å²) in [6.45, 7) is 1.24. The van der Waals surface area contributed by atoms with Gasteiger partial charge in [0.2, 0.25) is 5.91 Å². The summed E-state index contributed by atoms with van der Waals surface area (Å²) in [6, 6.07) is 1.43. The van der Waals surface area contributed by atoms with E-state index < -0.39 is 36.1 Å². The Labute approximate surface area is 142 Å². The summed E-state index contributed by atoms with van der Waals surface area (Å²) in [5.41, 5.74) is 8.86. The molecule has 0 spiro atoms. The van der Waals surface area contributed by atoms with Crippen LogP contribution in [0, 0.1) is 0 Å². The van der Waals surface area contributed by atoms with Crippen molar-refractivity contribution in [1.29, 1.82) is 0 Å². The maximum Gasteiger partial charge on any atom is 0.334 e. The SMILES string of the molecule is COc1ccc(C(O)C(=O)NNC(=O)N[C@H](C(N)=O)C(C)O)cc1O. The number of aliphatic hydroxyl groups is 2. The number of methoxy groups -OCH3 is 1. The normalized spacial score (nSPS) is 13.9. The van der Waals surface area contributed by atoms with E-state index in [-0.39, 0.29) is 17.1 Å². The molecule has 25 heavy (non-hydrogen) atoms. The van der Waals surface area contributed by atoms with Crippen molar-refractivity contribution in [1.82, 2.24) is 16.2 Å². The second-order valence-corrected chi connectivity index (χ2v) is 5.04. The zero-order chi connectivity index (χ0) is 19.1. The number of phenols is 1. The molecular formula is C14H20N4O7. The van der Waals surface area contributed by atoms with Crippen LogP contribution in [0.15, 0.2) is 18.2 Å². The van der Waals surface area contributed by atoms with Crippen LogP contribution in [0.25, 0.3) is 0 Å². The van der Waals surface area contributed by atoms with E-state index in [4.69, 9.17) is 10.5 Å². The molecule has 11 heteroatoms. The maximum atomic E-state index is 11.8. The Morgan fingerprint density at radius 1 is 1.20 bits per heavy atom. The highest BCUT2D eigenvalue weighted by atomic mass is 16.5. The summed E-state index contributed by atoms with van der Waals surface area (Å²) < 4.78 is 4.84. The monoisotopic (exact) mass is 356 g/mol. The number of carbonyl (C=O) groups is 3. The van der Waals surface area contributed by atoms with Crippen molar-refractivity contribution in [3.8, 4) is 11.5 Å². The Kier molecular flexibility index (Phi) is 6.96. The maximum absolute atomic E-state index is 11.8. The van der Waals surface area contributed by atoms with E-state index in [0.29, 0.717) is 0 Å². The molecule has 4 amide bonds. The molecule has 2 unspecified atom stereocenters. The standard InChI is InChI=1S/C14H20N4O7/c1-6(19)10(12(15)22)16-14(24)18-17-13(23)11(21)7-3-4-9(25-2)8(20)5-7/h3-6,10-11,19-21H,1-2H3,(H2,15,22)(H,17,23)(H2,16,18,24)/t6?,10-,11?/m0/s1. The minimum Gasteiger partial charge on any atom is -0.504 e. The molecule has 1 aromatic carbocycles. The molecule has 0 aromatic heterocycles. The Balaban J connectivity index is 2.62. The lowest BCUT2D eigenvalue weighted by atomic mass is 10.1. The highest BCUT2D eigenvalue weighted by molar-refractivity contribution is 5.88. The Morgan fingerprint density at radius 2 is 1.84 bits per heavy atom. The highest BCUT2D eigenvalue weighted by Gasteiger charge is 2.24. The van der Waals surface area contributed by atoms with Gasteiger partial charge < -0.3 is 31.1 Å². The average molecular weight is 356 g/mol. The molecule has 0 radical (unpaired) electrons. The quantitative estimate of drug-likeness (QED) is 0.287. The molecule has 0 bridgehead atoms. The lowest BCUT2D eigenvalue weighted by Crippen LogP contribution is -2.56. The molecule has 1 aromatic rings. The van der Waals surface area contributed by atoms with E-state index in [9.17, 15) is 29.7 Å². The Morgan fingerprint density at radius 3 is 2.32 bits per heavy atom. The third kappa shape index (κ3) is 5.51. The molecule has 11 nitrogen and oxygen atoms in total. The number of phenolic OH excluding ortho intramolecular Hbond substituents is 1. The zero-order valence-electron chi connectivity index (χ0n) is 13.5. The van der Waals surface area contributed by atoms with Gasteiger partial charge in [0.1, 0.15) is 6.04 Å². The van der Waals surface area contributed by atoms with Gasteiger partial charge >= 0.3 is 6.03 Å². The van der Waals surface area contributed by atoms with E-state index in [2.05, 4.69) is 0 Å². The van der Waals surface area contributed by atoms with Gasteiger partial charge in [-0.25, -0.2) is 10.2 Å². The first-order valence-electron chi connectivity index (χ1n) is 7.06. The number of nitrogens with one attached hydrogen (secondary N) is 3. The van der Waals surface area contributed by atoms with Gasteiger partial charge in [0.25, 0.3) is 5.91 Å². The molecule has 0 saturated carbocycles. The third-order valence-corrected chi connectivity index (χ3v) is 3.14. The Bertz CT molecular complexity index is 650. The molecule has 0 heterocycles. The van der Waals surface area contributed by atoms with E-state index in [1.54, 1.807) is 0 Å². The number of amides is 4. The van der Waals surface area contributed by atoms with Crippen LogP contribution in [0.2, 0.25) is 0 Å². The minimum absolute atomic E-state index is 0.0528. The number of hydrogen-bond acceptors (Lipinski definition) is 7. The second kappa shape index (κ2) is 8.70. The van der Waals surface area contributed by atoms with Gasteiger partial charge in [0.15, 0.2) is 17.6 Å². The summed E-state index contributed by atoms with van der Waals surface area (Å²) in [4.78, 5) is 34.4. The van der Waals surface area contributed by atoms with Crippen molar-refractivity contribution in [2.75, 3.05) is 7.11 Å². The fourth-order valence-electron chi connectivity index (χ4n) is 1.82. The first-order valence-corrected chi connectivity index (χ1v) is 7.06. The molecule has 138 valence electrons. The number of nitrogens with two attached hydrogens (primary N) is 1. The van der Waals surface area contributed by atoms with Crippen LogP contribution >= 0.6 is 0 Å². The lowest BCUT2D eigenvalue weighted by Gasteiger charge is -2.19. The van der Waals surface area contributed by atoms with Gasteiger partial charge in [0.05, 0.1) is 13.2 Å². The number of aliphatic hydroxyl groups excluding tert-OH is 2. The van der Waals surface area contributed by atoms with Crippen LogP contribution in [-0.2, 0) is 9.59 Å². The van der Waals surface area contributed by atoms with Gasteiger partial charge in [-0.1, -0.05) is 6.07 Å². The molecule has 0 saturated heterocycles. The molecule has 8 N–H and O–H groups in total. The van der Waals surface area contributed by atoms with Crippen molar-refractivity contribution in [3.63, 3.8) is 0 Å². The number of carbonyl (C=O) groups excluding carboxylic acids is 3. The van der Waals surface area contributed by atoms with Crippen molar-refractivity contribution < 1.29 is 34.4 Å². The molecule has 3 atom stereocenters. The van der Waals surface area contributed by atoms with Crippen molar-refractivity contribution in [2.24, 2.45) is 5.73 Å². The van der Waals surface area contributed by atoms with Crippen LogP contribution in [-0.4, -0.2) is 52.4 Å². The molecule has 0 aliphatic rings. The average Bonchev–Trinajstić information content (AvgIpc) is 2.56. The smallest absolute Gasteiger partial charge is 0.334 e. The topological polar surface area (TPSA) is 183 Å². The summed E-state index contributed by atoms with van der Waals surface area (Å²) in [5, 5.41) is 30.9. The van der Waals surface area contributed by atoms with E-state index in [0.717, 1.165) is 6.07 Å². The fraction of sp³-hybridized carbons (Fsp3) is 0.357. The summed E-state index contributed by atoms with van der Waals surface area (Å²) in [5.74, 6) is -2.10. The van der Waals surface area contributed by atoms with Crippen LogP contribution in [0.1, 0.15) is 18.6 Å². The largest absolute Gasteiger partial charge is 0.504 e. The van der Waals surface area contributed by atoms with E-state index in [1.165, 1.54) is 26.2 Å². The summed E-state index contributed by atoms with van der Waals surface area (Å²) >= 11 is 0. The van der Waals surface area contributed by atoms with Gasteiger partial charge in [-0.05, 0) is 24.6 Å². The van der Waals surface area contributed by atoms with Gasteiger partial charge in [0, 0.05) is 0 Å². The van der Waals surface area contributed by atoms with Gasteiger partial charge in [-0.2, -0.15) is 0 Å². The highest BCUT2D eigenvalue weighted by Crippen LogP contribution is 2.28. The molecule has 1 rings (SSSR count). The number of aromatic hydroxyl groups is 1. The Hall–Kier alpha value is -3.05. The van der Waals surface area contributed by atoms with Crippen molar-refractivity contribution >= 4 is 17.8 Å². The predicted molar refractivity (Wildman–Crippen MR) is 84.1 cm³/mol. The van der Waals surface area contributed by atoms with Crippen molar-refractivity contribution in [2.45, 2.75) is 25.2 Å². The number of ether oxygens (including phenoxy) is 1. The van der Waals surface area contributed by atoms with Crippen LogP contribution in [0.5, 0.6) is 11.5 Å². The summed E-state index contributed by atoms with van der Waals surface area (Å²) in [6.07, 6.45) is -2.94. The van der Waals surface area contributed by atoms with Crippen molar-refractivity contribution in [3.05, 3.63) is 23.8 Å². The fourth-order valence-corrected chi connectivity index (χ4v) is 1.82. The number of benzene rings is 1. The van der Waals surface area contributed by atoms with Crippen LogP contribution in [0.3, 0.4) is 0 Å². The number of hydrogen-bond donors (Lipinski definition) is 7. The number of primary amides is 1. The summed E-state index contributed by atoms with van der Waals surface area (Å²) in [7, 11) is 1.34. The van der Waals surface area contributed by atoms with Gasteiger partial charge in [-0.15, -0.1) is 0 Å². The van der Waals surface area contributed by atoms with E-state index in [1.807, 2.05) is 16.2 Å².